The Labute approximate surface area is 307 Å². The molecule has 2 N–H and O–H groups in total. The molecule has 276 valence electrons. The maximum atomic E-state index is 12.0. The van der Waals surface area contributed by atoms with E-state index in [1.54, 1.807) is 0 Å². The van der Waals surface area contributed by atoms with Gasteiger partial charge < -0.3 is 10.0 Å². The van der Waals surface area contributed by atoms with E-state index in [2.05, 4.69) is 135 Å². The maximum absolute atomic E-state index is 12.0. The summed E-state index contributed by atoms with van der Waals surface area (Å²) >= 11 is 0. The number of hydrogen-bond donors (Lipinski definition) is 0. The fourth-order valence-corrected chi connectivity index (χ4v) is 10.6. The van der Waals surface area contributed by atoms with E-state index >= 15 is 0 Å². The zero-order chi connectivity index (χ0) is 36.4. The van der Waals surface area contributed by atoms with Crippen molar-refractivity contribution in [3.05, 3.63) is 156 Å². The van der Waals surface area contributed by atoms with Crippen molar-refractivity contribution in [2.75, 3.05) is 0 Å². The molecule has 0 radical (unpaired) electrons. The van der Waals surface area contributed by atoms with E-state index in [1.165, 1.54) is 21.2 Å². The van der Waals surface area contributed by atoms with Crippen molar-refractivity contribution in [2.45, 2.75) is 30.7 Å². The van der Waals surface area contributed by atoms with Crippen LogP contribution < -0.4 is 21.2 Å². The summed E-state index contributed by atoms with van der Waals surface area (Å²) in [5.41, 5.74) is -4.54. The first kappa shape index (κ1) is 46.0. The third kappa shape index (κ3) is 12.8. The molecule has 0 unspecified atom stereocenters. The molecule has 51 heavy (non-hydrogen) atoms. The van der Waals surface area contributed by atoms with Gasteiger partial charge in [0.2, 0.25) is 0 Å². The van der Waals surface area contributed by atoms with Crippen LogP contribution in [0.15, 0.2) is 121 Å². The summed E-state index contributed by atoms with van der Waals surface area (Å²) in [7, 11) is -6.99. The summed E-state index contributed by atoms with van der Waals surface area (Å²) < 4.78 is 119. The summed E-state index contributed by atoms with van der Waals surface area (Å²) in [5.74, 6) is -10.0. The van der Waals surface area contributed by atoms with Crippen molar-refractivity contribution in [3.8, 4) is 0 Å². The van der Waals surface area contributed by atoms with Gasteiger partial charge in [-0.25, -0.2) is 21.6 Å². The minimum absolute atomic E-state index is 0. The molecule has 2 atom stereocenters. The molecule has 4 nitrogen and oxygen atoms in total. The Kier molecular flexibility index (Phi) is 18.8. The van der Waals surface area contributed by atoms with Crippen LogP contribution in [0.1, 0.15) is 13.8 Å². The number of halogens is 8. The van der Waals surface area contributed by atoms with Crippen LogP contribution in [0.25, 0.3) is 0 Å². The van der Waals surface area contributed by atoms with E-state index in [1.807, 2.05) is 0 Å². The Morgan fingerprint density at radius 1 is 0.549 bits per heavy atom. The zero-order valence-corrected chi connectivity index (χ0v) is 31.4. The van der Waals surface area contributed by atoms with Crippen LogP contribution in [0.5, 0.6) is 0 Å². The maximum Gasteiger partial charge on any atom is 2.00 e. The number of rotatable bonds is 7. The van der Waals surface area contributed by atoms with Crippen molar-refractivity contribution in [1.82, 2.24) is 0 Å². The summed E-state index contributed by atoms with van der Waals surface area (Å²) in [6, 6.07) is 45.5. The predicted molar refractivity (Wildman–Crippen MR) is 182 cm³/mol. The van der Waals surface area contributed by atoms with Crippen molar-refractivity contribution >= 4 is 47.2 Å². The summed E-state index contributed by atoms with van der Waals surface area (Å²) in [6.45, 7) is 4.94. The number of benzene rings is 5. The Balaban J connectivity index is 0.000000512. The molecule has 5 aromatic rings. The van der Waals surface area contributed by atoms with Gasteiger partial charge in [0.25, 0.3) is 0 Å². The van der Waals surface area contributed by atoms with Crippen molar-refractivity contribution < 1.29 is 74.6 Å². The molecule has 0 fully saturated rings. The minimum Gasteiger partial charge on any atom is -0.741 e. The molecule has 0 saturated heterocycles. The minimum atomic E-state index is -6.09. The Morgan fingerprint density at radius 3 is 0.961 bits per heavy atom. The van der Waals surface area contributed by atoms with Crippen LogP contribution in [0.4, 0.5) is 35.1 Å². The molecule has 0 saturated carbocycles. The van der Waals surface area contributed by atoms with Gasteiger partial charge in [0, 0.05) is 0 Å². The molecule has 0 aliphatic carbocycles. The monoisotopic (exact) mass is 955 g/mol. The van der Waals surface area contributed by atoms with E-state index in [0.717, 1.165) is 6.07 Å². The Hall–Kier alpha value is -3.04. The molecule has 0 heterocycles. The third-order valence-corrected chi connectivity index (χ3v) is 13.7. The quantitative estimate of drug-likeness (QED) is 0.0324. The fraction of sp³-hybridized carbons (Fsp3) is 0.143. The van der Waals surface area contributed by atoms with Gasteiger partial charge in [-0.05, 0) is 48.4 Å². The van der Waals surface area contributed by atoms with Crippen molar-refractivity contribution in [2.24, 2.45) is 0 Å². The zero-order valence-electron chi connectivity index (χ0n) is 26.6. The second-order valence-electron chi connectivity index (χ2n) is 10.2. The van der Waals surface area contributed by atoms with Crippen LogP contribution >= 0.6 is 15.8 Å². The van der Waals surface area contributed by atoms with E-state index in [-0.39, 0.29) is 26.5 Å². The summed E-state index contributed by atoms with van der Waals surface area (Å²) in [4.78, 5) is 0. The first-order valence-electron chi connectivity index (χ1n) is 14.3. The number of hydrogen-bond acceptors (Lipinski definition) is 3. The summed E-state index contributed by atoms with van der Waals surface area (Å²) in [5, 5.41) is 5.87. The van der Waals surface area contributed by atoms with E-state index in [9.17, 15) is 35.1 Å². The summed E-state index contributed by atoms with van der Waals surface area (Å²) in [6.07, 6.45) is 0. The fourth-order valence-electron chi connectivity index (χ4n) is 4.52. The molecule has 0 aliphatic rings. The van der Waals surface area contributed by atoms with E-state index < -0.39 is 60.6 Å². The molecule has 0 amide bonds. The predicted octanol–water partition coefficient (Wildman–Crippen LogP) is 7.44. The van der Waals surface area contributed by atoms with Crippen molar-refractivity contribution in [3.63, 3.8) is 0 Å². The standard InChI is InChI=1S/C28H28P2.C6F5.CHF3O3S.H2O.Pt/c1-23(29(25-15-7-3-8-16-25)26-17-9-4-10-18-26)24(2)30(27-19-11-5-12-20-27)28-21-13-6-14-22-28;7-2-1-3(8)5(10)6(11)4(2)9;2-1(3,4)8(5,6)7;;/h3-24H,1-2H3;;(H,5,6,7);1H2;/q;-1;;;+2/p-1/t23-,24-;;;;/m0..../s1. The Morgan fingerprint density at radius 2 is 0.765 bits per heavy atom. The van der Waals surface area contributed by atoms with Gasteiger partial charge in [-0.2, -0.15) is 13.2 Å². The molecule has 0 aliphatic heterocycles. The second-order valence-corrected chi connectivity index (χ2v) is 16.7. The van der Waals surface area contributed by atoms with Gasteiger partial charge in [-0.1, -0.05) is 135 Å². The van der Waals surface area contributed by atoms with Crippen LogP contribution in [-0.4, -0.2) is 35.3 Å². The molecule has 5 rings (SSSR count). The van der Waals surface area contributed by atoms with Gasteiger partial charge in [-0.15, -0.1) is 6.07 Å². The molecule has 0 spiro atoms. The first-order valence-corrected chi connectivity index (χ1v) is 18.5. The van der Waals surface area contributed by atoms with Gasteiger partial charge in [0.1, 0.15) is 0 Å². The normalized spacial score (nSPS) is 12.3. The number of alkyl halides is 3. The molecular weight excluding hydrogens is 925 g/mol. The van der Waals surface area contributed by atoms with E-state index in [0.29, 0.717) is 11.3 Å². The van der Waals surface area contributed by atoms with Gasteiger partial charge in [0.05, 0.1) is 29.1 Å². The van der Waals surface area contributed by atoms with Crippen molar-refractivity contribution in [1.29, 1.82) is 0 Å². The van der Waals surface area contributed by atoms with Gasteiger partial charge in [-0.3, -0.25) is 8.78 Å². The van der Waals surface area contributed by atoms with Crippen LogP contribution in [0.3, 0.4) is 0 Å². The van der Waals surface area contributed by atoms with E-state index in [4.69, 9.17) is 13.0 Å². The Bertz CT molecular complexity index is 1690. The smallest absolute Gasteiger partial charge is 0.741 e. The molecule has 0 bridgehead atoms. The largest absolute Gasteiger partial charge is 2.00 e. The molecule has 5 aromatic carbocycles. The van der Waals surface area contributed by atoms with Crippen LogP contribution in [0.2, 0.25) is 0 Å². The third-order valence-electron chi connectivity index (χ3n) is 6.92. The molecule has 16 heteroatoms. The molecular formula is C35H30F8O4P2PtS. The molecule has 0 aromatic heterocycles. The van der Waals surface area contributed by atoms with Crippen LogP contribution in [0, 0.1) is 35.2 Å². The second kappa shape index (κ2) is 20.9. The average Bonchev–Trinajstić information content (AvgIpc) is 3.08. The van der Waals surface area contributed by atoms with Crippen LogP contribution in [-0.2, 0) is 31.2 Å². The topological polar surface area (TPSA) is 88.7 Å². The first-order chi connectivity index (χ1) is 23.0. The SMILES string of the molecule is C[C@@H]([C@H](C)P(c1ccccc1)c1ccccc1)P(c1ccccc1)c1ccccc1.Fc1[c-]c(F)c(F)c(F)c1F.O.O=S(=O)([O-])C(F)(F)F.[Pt+2]. The average molecular weight is 956 g/mol. The van der Waals surface area contributed by atoms with Gasteiger partial charge >= 0.3 is 26.6 Å². The van der Waals surface area contributed by atoms with Gasteiger partial charge in [0.15, 0.2) is 10.1 Å².